The molecule has 0 radical (unpaired) electrons. The predicted molar refractivity (Wildman–Crippen MR) is 112 cm³/mol. The predicted octanol–water partition coefficient (Wildman–Crippen LogP) is 2.32. The van der Waals surface area contributed by atoms with Crippen LogP contribution in [0.5, 0.6) is 0 Å². The Hall–Kier alpha value is -2.82. The first kappa shape index (κ1) is 23.5. The van der Waals surface area contributed by atoms with Crippen LogP contribution < -0.4 is 16.4 Å². The third kappa shape index (κ3) is 5.85. The number of thiophene rings is 1. The van der Waals surface area contributed by atoms with Crippen molar-refractivity contribution >= 4 is 40.3 Å². The van der Waals surface area contributed by atoms with Crippen molar-refractivity contribution in [2.24, 2.45) is 11.7 Å². The number of amides is 4. The van der Waals surface area contributed by atoms with E-state index in [1.165, 1.54) is 0 Å². The van der Waals surface area contributed by atoms with Gasteiger partial charge < -0.3 is 25.4 Å². The molecule has 1 aromatic rings. The van der Waals surface area contributed by atoms with Crippen LogP contribution in [0.1, 0.15) is 52.3 Å². The number of hydrogen-bond donors (Lipinski definition) is 3. The number of nitrogens with one attached hydrogen (secondary N) is 2. The molecule has 1 aliphatic rings. The molecule has 4 N–H and O–H groups in total. The van der Waals surface area contributed by atoms with E-state index in [-0.39, 0.29) is 40.6 Å². The van der Waals surface area contributed by atoms with Crippen molar-refractivity contribution in [3.8, 4) is 0 Å². The number of nitrogens with zero attached hydrogens (tertiary/aromatic N) is 1. The molecule has 0 spiro atoms. The fraction of sp³-hybridized carbons (Fsp3) is 0.579. The van der Waals surface area contributed by atoms with Gasteiger partial charge in [0.05, 0.1) is 18.8 Å². The third-order valence-electron chi connectivity index (χ3n) is 4.68. The van der Waals surface area contributed by atoms with Crippen LogP contribution in [0.25, 0.3) is 0 Å². The van der Waals surface area contributed by atoms with Gasteiger partial charge >= 0.3 is 24.0 Å². The number of nitrogens with two attached hydrogens (primary N) is 1. The van der Waals surface area contributed by atoms with Crippen molar-refractivity contribution < 1.29 is 28.7 Å². The standard InChI is InChI=1S/C19H28N4O6S/c1-4-28-16(24)13-11(3)14(17(25)29-5-2)30-15(13)22-19(27)23-8-6-7-12(10-23)9-21-18(20)26/h12H,4-10H2,1-3H3,(H,22,27)(H3,20,21,26). The van der Waals surface area contributed by atoms with Crippen molar-refractivity contribution in [2.75, 3.05) is 38.2 Å². The fourth-order valence-corrected chi connectivity index (χ4v) is 4.36. The number of ether oxygens (including phenoxy) is 2. The Balaban J connectivity index is 2.20. The van der Waals surface area contributed by atoms with E-state index in [9.17, 15) is 19.2 Å². The van der Waals surface area contributed by atoms with Crippen LogP contribution in [-0.4, -0.2) is 61.7 Å². The summed E-state index contributed by atoms with van der Waals surface area (Å²) in [7, 11) is 0. The van der Waals surface area contributed by atoms with Gasteiger partial charge in [-0.15, -0.1) is 11.3 Å². The van der Waals surface area contributed by atoms with Crippen molar-refractivity contribution in [2.45, 2.75) is 33.6 Å². The number of likely N-dealkylation sites (tertiary alicyclic amines) is 1. The zero-order chi connectivity index (χ0) is 22.3. The molecule has 2 rings (SSSR count). The highest BCUT2D eigenvalue weighted by molar-refractivity contribution is 7.18. The maximum atomic E-state index is 12.8. The van der Waals surface area contributed by atoms with Gasteiger partial charge in [0.25, 0.3) is 0 Å². The fourth-order valence-electron chi connectivity index (χ4n) is 3.28. The van der Waals surface area contributed by atoms with Gasteiger partial charge in [0.15, 0.2) is 0 Å². The summed E-state index contributed by atoms with van der Waals surface area (Å²) in [5.74, 6) is -1.08. The van der Waals surface area contributed by atoms with Crippen LogP contribution >= 0.6 is 11.3 Å². The average molecular weight is 441 g/mol. The number of carbonyl (C=O) groups excluding carboxylic acids is 4. The number of carbonyl (C=O) groups is 4. The van der Waals surface area contributed by atoms with Crippen LogP contribution in [0.4, 0.5) is 14.6 Å². The molecular formula is C19H28N4O6S. The number of anilines is 1. The van der Waals surface area contributed by atoms with Crippen molar-refractivity contribution in [3.05, 3.63) is 16.0 Å². The van der Waals surface area contributed by atoms with E-state index >= 15 is 0 Å². The molecule has 1 fully saturated rings. The lowest BCUT2D eigenvalue weighted by atomic mass is 9.98. The first-order valence-corrected chi connectivity index (χ1v) is 10.7. The van der Waals surface area contributed by atoms with Crippen molar-refractivity contribution in [1.82, 2.24) is 10.2 Å². The summed E-state index contributed by atoms with van der Waals surface area (Å²) in [5.41, 5.74) is 5.68. The number of primary amides is 1. The summed E-state index contributed by atoms with van der Waals surface area (Å²) in [6.07, 6.45) is 1.64. The molecule has 1 unspecified atom stereocenters. The summed E-state index contributed by atoms with van der Waals surface area (Å²) in [5, 5.41) is 5.56. The number of piperidine rings is 1. The molecule has 10 nitrogen and oxygen atoms in total. The van der Waals surface area contributed by atoms with Crippen molar-refractivity contribution in [3.63, 3.8) is 0 Å². The summed E-state index contributed by atoms with van der Waals surface area (Å²) in [4.78, 5) is 50.3. The Morgan fingerprint density at radius 1 is 1.17 bits per heavy atom. The lowest BCUT2D eigenvalue weighted by Gasteiger charge is -2.32. The molecule has 166 valence electrons. The summed E-state index contributed by atoms with van der Waals surface area (Å²) in [6.45, 7) is 6.72. The number of rotatable bonds is 7. The van der Waals surface area contributed by atoms with E-state index in [2.05, 4.69) is 10.6 Å². The second-order valence-corrected chi connectivity index (χ2v) is 7.85. The quantitative estimate of drug-likeness (QED) is 0.556. The first-order chi connectivity index (χ1) is 14.3. The maximum Gasteiger partial charge on any atom is 0.348 e. The highest BCUT2D eigenvalue weighted by atomic mass is 32.1. The molecule has 1 atom stereocenters. The monoisotopic (exact) mass is 440 g/mol. The van der Waals surface area contributed by atoms with Gasteiger partial charge in [-0.3, -0.25) is 5.32 Å². The second kappa shape index (κ2) is 10.8. The van der Waals surface area contributed by atoms with Gasteiger partial charge in [0.2, 0.25) is 0 Å². The molecule has 2 heterocycles. The minimum Gasteiger partial charge on any atom is -0.462 e. The van der Waals surface area contributed by atoms with Crippen LogP contribution in [0.3, 0.4) is 0 Å². The number of hydrogen-bond acceptors (Lipinski definition) is 7. The molecule has 30 heavy (non-hydrogen) atoms. The molecule has 1 aliphatic heterocycles. The lowest BCUT2D eigenvalue weighted by molar-refractivity contribution is 0.0527. The summed E-state index contributed by atoms with van der Waals surface area (Å²) < 4.78 is 10.1. The topological polar surface area (TPSA) is 140 Å². The first-order valence-electron chi connectivity index (χ1n) is 9.85. The van der Waals surface area contributed by atoms with Gasteiger partial charge in [0, 0.05) is 19.6 Å². The normalized spacial score (nSPS) is 16.0. The summed E-state index contributed by atoms with van der Waals surface area (Å²) in [6, 6.07) is -0.989. The molecular weight excluding hydrogens is 412 g/mol. The molecule has 0 aliphatic carbocycles. The summed E-state index contributed by atoms with van der Waals surface area (Å²) >= 11 is 0.988. The molecule has 0 aromatic carbocycles. The highest BCUT2D eigenvalue weighted by Gasteiger charge is 2.29. The van der Waals surface area contributed by atoms with Crippen LogP contribution in [-0.2, 0) is 9.47 Å². The molecule has 0 saturated carbocycles. The Bertz CT molecular complexity index is 809. The Morgan fingerprint density at radius 3 is 2.47 bits per heavy atom. The number of urea groups is 2. The lowest BCUT2D eigenvalue weighted by Crippen LogP contribution is -2.46. The Morgan fingerprint density at radius 2 is 1.83 bits per heavy atom. The van der Waals surface area contributed by atoms with Crippen molar-refractivity contribution in [1.29, 1.82) is 0 Å². The van der Waals surface area contributed by atoms with Gasteiger partial charge in [-0.25, -0.2) is 19.2 Å². The van der Waals surface area contributed by atoms with Gasteiger partial charge in [-0.05, 0) is 45.1 Å². The molecule has 1 saturated heterocycles. The van der Waals surface area contributed by atoms with E-state index in [0.29, 0.717) is 25.2 Å². The van der Waals surface area contributed by atoms with Crippen LogP contribution in [0.15, 0.2) is 0 Å². The Kier molecular flexibility index (Phi) is 8.46. The zero-order valence-corrected chi connectivity index (χ0v) is 18.2. The van der Waals surface area contributed by atoms with E-state index in [1.54, 1.807) is 25.7 Å². The maximum absolute atomic E-state index is 12.8. The van der Waals surface area contributed by atoms with E-state index in [4.69, 9.17) is 15.2 Å². The minimum atomic E-state index is -0.612. The van der Waals surface area contributed by atoms with Crippen LogP contribution in [0, 0.1) is 12.8 Å². The largest absolute Gasteiger partial charge is 0.462 e. The third-order valence-corrected chi connectivity index (χ3v) is 5.87. The highest BCUT2D eigenvalue weighted by Crippen LogP contribution is 2.34. The minimum absolute atomic E-state index is 0.0849. The van der Waals surface area contributed by atoms with E-state index in [1.807, 2.05) is 0 Å². The average Bonchev–Trinajstić information content (AvgIpc) is 3.03. The smallest absolute Gasteiger partial charge is 0.348 e. The second-order valence-electron chi connectivity index (χ2n) is 6.83. The Labute approximate surface area is 179 Å². The molecule has 1 aromatic heterocycles. The zero-order valence-electron chi connectivity index (χ0n) is 17.4. The van der Waals surface area contributed by atoms with E-state index in [0.717, 1.165) is 24.2 Å². The van der Waals surface area contributed by atoms with Gasteiger partial charge in [0.1, 0.15) is 9.88 Å². The molecule has 4 amide bonds. The number of esters is 2. The van der Waals surface area contributed by atoms with Crippen LogP contribution in [0.2, 0.25) is 0 Å². The SMILES string of the molecule is CCOC(=O)c1sc(NC(=O)N2CCCC(CNC(N)=O)C2)c(C(=O)OCC)c1C. The molecule has 0 bridgehead atoms. The molecule has 11 heteroatoms. The van der Waals surface area contributed by atoms with Gasteiger partial charge in [-0.2, -0.15) is 0 Å². The van der Waals surface area contributed by atoms with E-state index < -0.39 is 18.0 Å². The van der Waals surface area contributed by atoms with Gasteiger partial charge in [-0.1, -0.05) is 0 Å².